The molecule has 0 aliphatic carbocycles. The van der Waals surface area contributed by atoms with Crippen LogP contribution in [0, 0.1) is 0 Å². The Morgan fingerprint density at radius 1 is 1.10 bits per heavy atom. The molecule has 0 saturated heterocycles. The fraction of sp³-hybridized carbons (Fsp3) is 0. The Bertz CT molecular complexity index is 228. The second-order valence-electron chi connectivity index (χ2n) is 1.84. The van der Waals surface area contributed by atoms with Gasteiger partial charge in [0.05, 0.1) is 0 Å². The summed E-state index contributed by atoms with van der Waals surface area (Å²) in [4.78, 5) is 1.99. The molecular weight excluding hydrogens is 169 g/mol. The zero-order valence-corrected chi connectivity index (χ0v) is 6.58. The molecule has 10 heavy (non-hydrogen) atoms. The average molecular weight is 173 g/mol. The van der Waals surface area contributed by atoms with Gasteiger partial charge in [-0.3, -0.25) is 0 Å². The minimum absolute atomic E-state index is 0.657. The Balaban J connectivity index is 2.42. The van der Waals surface area contributed by atoms with Gasteiger partial charge in [0.15, 0.2) is 0 Å². The molecule has 1 nitrogen and oxygen atoms in total. The van der Waals surface area contributed by atoms with Crippen LogP contribution < -0.4 is 0 Å². The Labute approximate surface area is 66.8 Å². The highest BCUT2D eigenvalue weighted by atomic mass is 32.2. The molecule has 0 bridgehead atoms. The van der Waals surface area contributed by atoms with Crippen LogP contribution in [0.5, 0.6) is 0 Å². The zero-order valence-electron chi connectivity index (χ0n) is 4.95. The molecule has 0 atom stereocenters. The molecule has 0 unspecified atom stereocenters. The van der Waals surface area contributed by atoms with Crippen LogP contribution in [-0.4, -0.2) is 3.93 Å². The number of rotatable bonds is 0. The molecule has 1 aliphatic heterocycles. The predicted octanol–water partition coefficient (Wildman–Crippen LogP) is 2.90. The van der Waals surface area contributed by atoms with E-state index in [0.717, 1.165) is 33.7 Å². The Morgan fingerprint density at radius 3 is 2.10 bits per heavy atom. The molecule has 1 aliphatic rings. The van der Waals surface area contributed by atoms with Crippen LogP contribution in [0.4, 0.5) is 4.48 Å². The van der Waals surface area contributed by atoms with E-state index in [2.05, 4.69) is 0 Å². The molecule has 0 amide bonds. The maximum Gasteiger partial charge on any atom is 0.0415 e. The van der Waals surface area contributed by atoms with Gasteiger partial charge in [-0.2, -0.15) is 0 Å². The predicted molar refractivity (Wildman–Crippen MR) is 41.1 cm³/mol. The molecule has 0 spiro atoms. The van der Waals surface area contributed by atoms with E-state index in [0.29, 0.717) is 3.93 Å². The fourth-order valence-corrected chi connectivity index (χ4v) is 2.53. The lowest BCUT2D eigenvalue weighted by Crippen LogP contribution is -1.77. The minimum Gasteiger partial charge on any atom is -0.110 e. The highest BCUT2D eigenvalue weighted by Gasteiger charge is 2.19. The van der Waals surface area contributed by atoms with E-state index >= 15 is 0 Å². The van der Waals surface area contributed by atoms with Gasteiger partial charge in [-0.1, -0.05) is 12.1 Å². The van der Waals surface area contributed by atoms with Crippen LogP contribution in [0.1, 0.15) is 0 Å². The monoisotopic (exact) mass is 173 g/mol. The van der Waals surface area contributed by atoms with Crippen molar-refractivity contribution in [2.75, 3.05) is 0 Å². The maximum atomic E-state index is 12.5. The van der Waals surface area contributed by atoms with Gasteiger partial charge in [0.1, 0.15) is 0 Å². The number of fused-ring (bicyclic) bond motifs is 1. The maximum absolute atomic E-state index is 12.5. The van der Waals surface area contributed by atoms with Crippen LogP contribution >= 0.6 is 23.9 Å². The van der Waals surface area contributed by atoms with E-state index < -0.39 is 0 Å². The third kappa shape index (κ3) is 1.02. The summed E-state index contributed by atoms with van der Waals surface area (Å²) in [7, 11) is 0. The summed E-state index contributed by atoms with van der Waals surface area (Å²) in [5, 5.41) is 0. The van der Waals surface area contributed by atoms with Crippen molar-refractivity contribution < 1.29 is 4.48 Å². The summed E-state index contributed by atoms with van der Waals surface area (Å²) < 4.78 is 13.1. The molecule has 4 heteroatoms. The minimum atomic E-state index is 0.657. The fourth-order valence-electron chi connectivity index (χ4n) is 0.774. The Morgan fingerprint density at radius 2 is 1.60 bits per heavy atom. The van der Waals surface area contributed by atoms with Crippen LogP contribution in [0.3, 0.4) is 0 Å². The first-order valence-electron chi connectivity index (χ1n) is 2.77. The molecule has 0 saturated carbocycles. The van der Waals surface area contributed by atoms with E-state index in [1.165, 1.54) is 0 Å². The van der Waals surface area contributed by atoms with E-state index in [1.54, 1.807) is 0 Å². The summed E-state index contributed by atoms with van der Waals surface area (Å²) in [6.45, 7) is 0. The molecule has 1 heterocycles. The van der Waals surface area contributed by atoms with Crippen molar-refractivity contribution in [3.63, 3.8) is 0 Å². The number of halogens is 1. The quantitative estimate of drug-likeness (QED) is 0.438. The van der Waals surface area contributed by atoms with Crippen LogP contribution in [0.25, 0.3) is 0 Å². The first-order chi connectivity index (χ1) is 4.86. The van der Waals surface area contributed by atoms with Crippen molar-refractivity contribution in [3.05, 3.63) is 24.3 Å². The highest BCUT2D eigenvalue weighted by Crippen LogP contribution is 2.46. The third-order valence-corrected chi connectivity index (χ3v) is 3.16. The van der Waals surface area contributed by atoms with Gasteiger partial charge >= 0.3 is 0 Å². The SMILES string of the molecule is FN1Sc2ccccc2S1. The zero-order chi connectivity index (χ0) is 6.97. The van der Waals surface area contributed by atoms with Gasteiger partial charge in [0, 0.05) is 33.7 Å². The molecule has 0 N–H and O–H groups in total. The van der Waals surface area contributed by atoms with Crippen molar-refractivity contribution >= 4 is 23.9 Å². The largest absolute Gasteiger partial charge is 0.110 e. The van der Waals surface area contributed by atoms with Gasteiger partial charge in [-0.05, 0) is 16.1 Å². The molecule has 1 aromatic carbocycles. The summed E-state index contributed by atoms with van der Waals surface area (Å²) in [6, 6.07) is 7.64. The molecule has 0 aromatic heterocycles. The summed E-state index contributed by atoms with van der Waals surface area (Å²) in [5.74, 6) is 0. The number of benzene rings is 1. The average Bonchev–Trinajstić information content (AvgIpc) is 2.27. The standard InChI is InChI=1S/C6H4FNS2/c7-8-9-5-3-1-2-4-6(5)10-8/h1-4H. The number of nitrogens with zero attached hydrogens (tertiary/aromatic N) is 1. The van der Waals surface area contributed by atoms with E-state index in [4.69, 9.17) is 0 Å². The van der Waals surface area contributed by atoms with E-state index in [1.807, 2.05) is 24.3 Å². The van der Waals surface area contributed by atoms with Crippen LogP contribution in [-0.2, 0) is 0 Å². The normalized spacial score (nSPS) is 17.3. The lowest BCUT2D eigenvalue weighted by atomic mass is 10.4. The van der Waals surface area contributed by atoms with Gasteiger partial charge in [0.25, 0.3) is 0 Å². The topological polar surface area (TPSA) is 3.24 Å². The number of hydrogen-bond acceptors (Lipinski definition) is 3. The van der Waals surface area contributed by atoms with Crippen molar-refractivity contribution in [2.24, 2.45) is 0 Å². The van der Waals surface area contributed by atoms with Crippen molar-refractivity contribution in [3.8, 4) is 0 Å². The molecular formula is C6H4FNS2. The first-order valence-corrected chi connectivity index (χ1v) is 4.32. The molecule has 1 aromatic rings. The van der Waals surface area contributed by atoms with Gasteiger partial charge in [0.2, 0.25) is 0 Å². The van der Waals surface area contributed by atoms with Crippen molar-refractivity contribution in [1.29, 1.82) is 0 Å². The smallest absolute Gasteiger partial charge is 0.0415 e. The van der Waals surface area contributed by atoms with Crippen LogP contribution in [0.15, 0.2) is 34.1 Å². The second kappa shape index (κ2) is 2.45. The van der Waals surface area contributed by atoms with E-state index in [-0.39, 0.29) is 0 Å². The van der Waals surface area contributed by atoms with Crippen molar-refractivity contribution in [1.82, 2.24) is 3.93 Å². The molecule has 0 fully saturated rings. The highest BCUT2D eigenvalue weighted by molar-refractivity contribution is 8.14. The van der Waals surface area contributed by atoms with Gasteiger partial charge in [-0.25, -0.2) is 0 Å². The molecule has 2 rings (SSSR count). The first kappa shape index (κ1) is 6.52. The lowest BCUT2D eigenvalue weighted by molar-refractivity contribution is 0.306. The molecule has 0 radical (unpaired) electrons. The van der Waals surface area contributed by atoms with E-state index in [9.17, 15) is 4.48 Å². The Hall–Kier alpha value is -0.190. The summed E-state index contributed by atoms with van der Waals surface area (Å²) in [6.07, 6.45) is 0. The molecule has 52 valence electrons. The van der Waals surface area contributed by atoms with Gasteiger partial charge in [-0.15, -0.1) is 4.48 Å². The summed E-state index contributed by atoms with van der Waals surface area (Å²) in [5.41, 5.74) is 0. The van der Waals surface area contributed by atoms with Crippen LogP contribution in [0.2, 0.25) is 0 Å². The second-order valence-corrected chi connectivity index (χ2v) is 3.96. The van der Waals surface area contributed by atoms with Gasteiger partial charge < -0.3 is 0 Å². The third-order valence-electron chi connectivity index (χ3n) is 1.19. The number of hydrogen-bond donors (Lipinski definition) is 0. The van der Waals surface area contributed by atoms with Crippen molar-refractivity contribution in [2.45, 2.75) is 9.79 Å². The summed E-state index contributed by atoms with van der Waals surface area (Å²) >= 11 is 2.24. The Kier molecular flexibility index (Phi) is 1.60. The lowest BCUT2D eigenvalue weighted by Gasteiger charge is -1.91.